The van der Waals surface area contributed by atoms with E-state index in [2.05, 4.69) is 29.6 Å². The molecule has 138 valence electrons. The number of carbonyl (C=O) groups is 1. The molecule has 0 radical (unpaired) electrons. The minimum absolute atomic E-state index is 0.117. The van der Waals surface area contributed by atoms with Crippen LogP contribution < -0.4 is 15.7 Å². The van der Waals surface area contributed by atoms with Crippen molar-refractivity contribution < 1.29 is 15.1 Å². The molecule has 0 saturated carbocycles. The highest BCUT2D eigenvalue weighted by Gasteiger charge is 2.32. The van der Waals surface area contributed by atoms with Gasteiger partial charge in [-0.15, -0.1) is 0 Å². The first-order chi connectivity index (χ1) is 13.2. The number of hydrogen-bond acceptors (Lipinski definition) is 5. The van der Waals surface area contributed by atoms with Gasteiger partial charge in [0.1, 0.15) is 6.23 Å². The average molecular weight is 363 g/mol. The lowest BCUT2D eigenvalue weighted by Crippen LogP contribution is -2.38. The van der Waals surface area contributed by atoms with Crippen LogP contribution in [-0.4, -0.2) is 35.0 Å². The number of anilines is 2. The van der Waals surface area contributed by atoms with E-state index in [1.165, 1.54) is 5.39 Å². The molecule has 1 saturated heterocycles. The Bertz CT molecular complexity index is 958. The zero-order chi connectivity index (χ0) is 18.8. The number of hydrogen-bond donors (Lipinski definition) is 4. The van der Waals surface area contributed by atoms with Crippen molar-refractivity contribution in [1.29, 1.82) is 0 Å². The second-order valence-electron chi connectivity index (χ2n) is 6.70. The Morgan fingerprint density at radius 2 is 1.74 bits per heavy atom. The Kier molecular flexibility index (Phi) is 4.66. The number of rotatable bonds is 4. The van der Waals surface area contributed by atoms with Gasteiger partial charge >= 0.3 is 0 Å². The van der Waals surface area contributed by atoms with Crippen LogP contribution in [0.15, 0.2) is 66.7 Å². The van der Waals surface area contributed by atoms with Gasteiger partial charge in [-0.3, -0.25) is 10.0 Å². The van der Waals surface area contributed by atoms with Crippen molar-refractivity contribution in [3.8, 4) is 0 Å². The van der Waals surface area contributed by atoms with Gasteiger partial charge in [0, 0.05) is 23.5 Å². The molecule has 3 aromatic rings. The molecule has 1 fully saturated rings. The van der Waals surface area contributed by atoms with Crippen LogP contribution in [0.1, 0.15) is 16.8 Å². The Balaban J connectivity index is 1.47. The highest BCUT2D eigenvalue weighted by molar-refractivity contribution is 5.93. The van der Waals surface area contributed by atoms with Crippen molar-refractivity contribution in [2.75, 3.05) is 16.8 Å². The Hall–Kier alpha value is -3.09. The van der Waals surface area contributed by atoms with Gasteiger partial charge < -0.3 is 15.3 Å². The summed E-state index contributed by atoms with van der Waals surface area (Å²) >= 11 is 0. The maximum atomic E-state index is 11.4. The molecule has 0 bridgehead atoms. The predicted octanol–water partition coefficient (Wildman–Crippen LogP) is 2.97. The van der Waals surface area contributed by atoms with E-state index < -0.39 is 12.1 Å². The minimum Gasteiger partial charge on any atom is -0.378 e. The Labute approximate surface area is 157 Å². The molecule has 4 rings (SSSR count). The number of carbonyl (C=O) groups excluding carboxylic acids is 1. The third-order valence-corrected chi connectivity index (χ3v) is 5.03. The zero-order valence-corrected chi connectivity index (χ0v) is 14.7. The van der Waals surface area contributed by atoms with Gasteiger partial charge in [0.2, 0.25) is 0 Å². The number of aliphatic hydroxyl groups is 1. The van der Waals surface area contributed by atoms with Crippen LogP contribution in [0.5, 0.6) is 0 Å². The first-order valence-electron chi connectivity index (χ1n) is 8.90. The molecule has 1 heterocycles. The summed E-state index contributed by atoms with van der Waals surface area (Å²) in [6.45, 7) is 0.752. The van der Waals surface area contributed by atoms with Crippen LogP contribution in [0.25, 0.3) is 10.8 Å². The second kappa shape index (κ2) is 7.26. The van der Waals surface area contributed by atoms with Crippen molar-refractivity contribution in [3.63, 3.8) is 0 Å². The lowest BCUT2D eigenvalue weighted by molar-refractivity contribution is 0.0706. The number of benzene rings is 3. The molecule has 1 aliphatic rings. The number of nitrogens with one attached hydrogen (secondary N) is 2. The smallest absolute Gasteiger partial charge is 0.274 e. The van der Waals surface area contributed by atoms with Gasteiger partial charge in [-0.05, 0) is 53.6 Å². The number of amides is 1. The van der Waals surface area contributed by atoms with Crippen molar-refractivity contribution in [1.82, 2.24) is 5.48 Å². The molecular weight excluding hydrogens is 342 g/mol. The van der Waals surface area contributed by atoms with Crippen molar-refractivity contribution >= 4 is 28.1 Å². The van der Waals surface area contributed by atoms with Gasteiger partial charge in [-0.2, -0.15) is 0 Å². The van der Waals surface area contributed by atoms with E-state index in [0.29, 0.717) is 5.56 Å². The van der Waals surface area contributed by atoms with Gasteiger partial charge in [0.15, 0.2) is 0 Å². The highest BCUT2D eigenvalue weighted by atomic mass is 16.5. The van der Waals surface area contributed by atoms with Gasteiger partial charge in [0.05, 0.1) is 6.04 Å². The van der Waals surface area contributed by atoms with E-state index in [0.717, 1.165) is 29.7 Å². The largest absolute Gasteiger partial charge is 0.378 e. The average Bonchev–Trinajstić information content (AvgIpc) is 3.08. The fourth-order valence-corrected chi connectivity index (χ4v) is 3.56. The van der Waals surface area contributed by atoms with Gasteiger partial charge in [-0.25, -0.2) is 5.48 Å². The maximum absolute atomic E-state index is 11.4. The molecule has 0 spiro atoms. The summed E-state index contributed by atoms with van der Waals surface area (Å²) in [7, 11) is 0. The summed E-state index contributed by atoms with van der Waals surface area (Å²) in [5, 5.41) is 25.1. The van der Waals surface area contributed by atoms with E-state index in [-0.39, 0.29) is 6.04 Å². The summed E-state index contributed by atoms with van der Waals surface area (Å²) in [5.74, 6) is -0.551. The van der Waals surface area contributed by atoms with E-state index >= 15 is 0 Å². The topological polar surface area (TPSA) is 84.8 Å². The highest BCUT2D eigenvalue weighted by Crippen LogP contribution is 2.29. The minimum atomic E-state index is -0.647. The van der Waals surface area contributed by atoms with Crippen LogP contribution in [0.2, 0.25) is 0 Å². The summed E-state index contributed by atoms with van der Waals surface area (Å²) in [4.78, 5) is 13.4. The third kappa shape index (κ3) is 3.45. The predicted molar refractivity (Wildman–Crippen MR) is 105 cm³/mol. The standard InChI is InChI=1S/C21H21N3O3/c25-20(23-27)15-5-8-17(9-6-15)22-19-11-12-24(21(19)26)18-10-7-14-3-1-2-4-16(14)13-18/h1-10,13,19,21-22,26-27H,11-12H2,(H,23,25). The number of aliphatic hydroxyl groups excluding tert-OH is 1. The van der Waals surface area contributed by atoms with E-state index in [4.69, 9.17) is 5.21 Å². The van der Waals surface area contributed by atoms with E-state index in [9.17, 15) is 9.90 Å². The van der Waals surface area contributed by atoms with E-state index in [1.807, 2.05) is 23.1 Å². The van der Waals surface area contributed by atoms with Crippen LogP contribution in [0.4, 0.5) is 11.4 Å². The first kappa shape index (κ1) is 17.3. The first-order valence-corrected chi connectivity index (χ1v) is 8.90. The fourth-order valence-electron chi connectivity index (χ4n) is 3.56. The van der Waals surface area contributed by atoms with Gasteiger partial charge in [0.25, 0.3) is 5.91 Å². The molecule has 4 N–H and O–H groups in total. The summed E-state index contributed by atoms with van der Waals surface area (Å²) in [6, 6.07) is 21.0. The maximum Gasteiger partial charge on any atom is 0.274 e. The third-order valence-electron chi connectivity index (χ3n) is 5.03. The lowest BCUT2D eigenvalue weighted by atomic mass is 10.1. The molecular formula is C21H21N3O3. The van der Waals surface area contributed by atoms with Crippen LogP contribution in [0.3, 0.4) is 0 Å². The molecule has 0 aliphatic carbocycles. The van der Waals surface area contributed by atoms with Crippen molar-refractivity contribution in [2.24, 2.45) is 0 Å². The molecule has 27 heavy (non-hydrogen) atoms. The van der Waals surface area contributed by atoms with Crippen molar-refractivity contribution in [3.05, 3.63) is 72.3 Å². The zero-order valence-electron chi connectivity index (χ0n) is 14.7. The lowest BCUT2D eigenvalue weighted by Gasteiger charge is -2.26. The molecule has 3 aromatic carbocycles. The normalized spacial score (nSPS) is 19.3. The summed E-state index contributed by atoms with van der Waals surface area (Å²) < 4.78 is 0. The number of hydroxylamine groups is 1. The molecule has 1 aliphatic heterocycles. The SMILES string of the molecule is O=C(NO)c1ccc(NC2CCN(c3ccc4ccccc4c3)C2O)cc1. The molecule has 2 unspecified atom stereocenters. The second-order valence-corrected chi connectivity index (χ2v) is 6.70. The number of fused-ring (bicyclic) bond motifs is 1. The fraction of sp³-hybridized carbons (Fsp3) is 0.190. The summed E-state index contributed by atoms with van der Waals surface area (Å²) in [6.07, 6.45) is 0.152. The summed E-state index contributed by atoms with van der Waals surface area (Å²) in [5.41, 5.74) is 3.79. The van der Waals surface area contributed by atoms with Crippen LogP contribution in [0, 0.1) is 0 Å². The molecule has 1 amide bonds. The molecule has 2 atom stereocenters. The number of nitrogens with zero attached hydrogens (tertiary/aromatic N) is 1. The van der Waals surface area contributed by atoms with E-state index in [1.54, 1.807) is 29.7 Å². The van der Waals surface area contributed by atoms with Crippen LogP contribution >= 0.6 is 0 Å². The molecule has 6 heteroatoms. The van der Waals surface area contributed by atoms with Crippen molar-refractivity contribution in [2.45, 2.75) is 18.7 Å². The monoisotopic (exact) mass is 363 g/mol. The van der Waals surface area contributed by atoms with Gasteiger partial charge in [-0.1, -0.05) is 30.3 Å². The Morgan fingerprint density at radius 1 is 1.00 bits per heavy atom. The molecule has 0 aromatic heterocycles. The Morgan fingerprint density at radius 3 is 2.48 bits per heavy atom. The molecule has 6 nitrogen and oxygen atoms in total. The van der Waals surface area contributed by atoms with Crippen LogP contribution in [-0.2, 0) is 0 Å². The quantitative estimate of drug-likeness (QED) is 0.423.